The Morgan fingerprint density at radius 2 is 2.26 bits per heavy atom. The van der Waals surface area contributed by atoms with Crippen LogP contribution in [0.25, 0.3) is 0 Å². The molecule has 19 heavy (non-hydrogen) atoms. The smallest absolute Gasteiger partial charge is 0.271 e. The van der Waals surface area contributed by atoms with Crippen LogP contribution >= 0.6 is 11.6 Å². The Morgan fingerprint density at radius 1 is 1.53 bits per heavy atom. The number of nitrogens with zero attached hydrogens (tertiary/aromatic N) is 2. The van der Waals surface area contributed by atoms with Gasteiger partial charge in [0.25, 0.3) is 5.69 Å². The van der Waals surface area contributed by atoms with Gasteiger partial charge in [0.05, 0.1) is 21.7 Å². The molecule has 104 valence electrons. The zero-order chi connectivity index (χ0) is 14.0. The summed E-state index contributed by atoms with van der Waals surface area (Å²) in [6.45, 7) is 6.21. The number of halogens is 1. The molecule has 0 aliphatic carbocycles. The molecule has 1 heterocycles. The molecule has 1 unspecified atom stereocenters. The molecule has 6 heteroatoms. The molecule has 0 N–H and O–H groups in total. The van der Waals surface area contributed by atoms with Gasteiger partial charge in [-0.05, 0) is 25.8 Å². The van der Waals surface area contributed by atoms with Gasteiger partial charge in [0.15, 0.2) is 0 Å². The van der Waals surface area contributed by atoms with Crippen molar-refractivity contribution in [1.29, 1.82) is 0 Å². The summed E-state index contributed by atoms with van der Waals surface area (Å²) in [5, 5.41) is 11.2. The van der Waals surface area contributed by atoms with Gasteiger partial charge in [-0.1, -0.05) is 11.6 Å². The van der Waals surface area contributed by atoms with Gasteiger partial charge in [0.1, 0.15) is 0 Å². The molecule has 1 saturated heterocycles. The summed E-state index contributed by atoms with van der Waals surface area (Å²) < 4.78 is 5.60. The van der Waals surface area contributed by atoms with E-state index in [1.165, 1.54) is 6.07 Å². The largest absolute Gasteiger partial charge is 0.377 e. The molecule has 0 amide bonds. The van der Waals surface area contributed by atoms with Crippen molar-refractivity contribution in [2.75, 3.05) is 24.6 Å². The first-order chi connectivity index (χ1) is 8.99. The fourth-order valence-corrected chi connectivity index (χ4v) is 2.80. The molecule has 1 aromatic carbocycles. The third-order valence-electron chi connectivity index (χ3n) is 3.22. The van der Waals surface area contributed by atoms with E-state index in [-0.39, 0.29) is 11.8 Å². The predicted molar refractivity (Wildman–Crippen MR) is 75.1 cm³/mol. The van der Waals surface area contributed by atoms with E-state index in [0.29, 0.717) is 5.02 Å². The Balaban J connectivity index is 2.36. The fraction of sp³-hybridized carbons (Fsp3) is 0.538. The molecule has 0 saturated carbocycles. The Morgan fingerprint density at radius 3 is 2.89 bits per heavy atom. The zero-order valence-corrected chi connectivity index (χ0v) is 11.8. The molecule has 1 atom stereocenters. The topological polar surface area (TPSA) is 55.6 Å². The third kappa shape index (κ3) is 3.16. The first kappa shape index (κ1) is 14.1. The van der Waals surface area contributed by atoms with Crippen molar-refractivity contribution in [2.24, 2.45) is 0 Å². The van der Waals surface area contributed by atoms with Crippen LogP contribution in [0, 0.1) is 17.0 Å². The molecular formula is C13H17ClN2O3. The van der Waals surface area contributed by atoms with E-state index in [9.17, 15) is 10.1 Å². The molecule has 0 aromatic heterocycles. The Labute approximate surface area is 117 Å². The number of aryl methyl sites for hydroxylation is 1. The van der Waals surface area contributed by atoms with Crippen molar-refractivity contribution in [3.8, 4) is 0 Å². The van der Waals surface area contributed by atoms with Gasteiger partial charge in [-0.3, -0.25) is 10.1 Å². The second-order valence-electron chi connectivity index (χ2n) is 4.83. The van der Waals surface area contributed by atoms with E-state index < -0.39 is 4.92 Å². The van der Waals surface area contributed by atoms with Crippen LogP contribution in [0.15, 0.2) is 12.1 Å². The number of benzene rings is 1. The van der Waals surface area contributed by atoms with Crippen LogP contribution in [0.4, 0.5) is 11.4 Å². The van der Waals surface area contributed by atoms with E-state index in [1.54, 1.807) is 6.07 Å². The van der Waals surface area contributed by atoms with Gasteiger partial charge in [0.2, 0.25) is 0 Å². The van der Waals surface area contributed by atoms with E-state index in [4.69, 9.17) is 16.3 Å². The SMILES string of the molecule is Cc1cc([N+](=O)[O-])cc(Cl)c1N1CCCOC(C)C1. The average Bonchev–Trinajstić information content (AvgIpc) is 2.53. The van der Waals surface area contributed by atoms with Gasteiger partial charge < -0.3 is 9.64 Å². The lowest BCUT2D eigenvalue weighted by molar-refractivity contribution is -0.384. The van der Waals surface area contributed by atoms with Crippen LogP contribution in [0.5, 0.6) is 0 Å². The molecule has 5 nitrogen and oxygen atoms in total. The molecule has 2 rings (SSSR count). The van der Waals surface area contributed by atoms with Crippen molar-refractivity contribution in [3.05, 3.63) is 32.8 Å². The molecule has 0 spiro atoms. The van der Waals surface area contributed by atoms with Crippen molar-refractivity contribution in [2.45, 2.75) is 26.4 Å². The summed E-state index contributed by atoms with van der Waals surface area (Å²) in [5.41, 5.74) is 1.74. The first-order valence-corrected chi connectivity index (χ1v) is 6.68. The van der Waals surface area contributed by atoms with E-state index >= 15 is 0 Å². The monoisotopic (exact) mass is 284 g/mol. The van der Waals surface area contributed by atoms with Crippen molar-refractivity contribution >= 4 is 23.0 Å². The van der Waals surface area contributed by atoms with Crippen molar-refractivity contribution in [1.82, 2.24) is 0 Å². The van der Waals surface area contributed by atoms with Gasteiger partial charge in [-0.25, -0.2) is 0 Å². The Bertz CT molecular complexity index is 470. The number of hydrogen-bond donors (Lipinski definition) is 0. The fourth-order valence-electron chi connectivity index (χ4n) is 2.42. The number of ether oxygens (including phenoxy) is 1. The number of anilines is 1. The van der Waals surface area contributed by atoms with Crippen LogP contribution in [-0.4, -0.2) is 30.7 Å². The second-order valence-corrected chi connectivity index (χ2v) is 5.24. The highest BCUT2D eigenvalue weighted by Crippen LogP contribution is 2.34. The normalized spacial score (nSPS) is 20.2. The highest BCUT2D eigenvalue weighted by Gasteiger charge is 2.21. The molecule has 0 radical (unpaired) electrons. The molecule has 1 aromatic rings. The minimum absolute atomic E-state index is 0.0328. The van der Waals surface area contributed by atoms with Crippen LogP contribution < -0.4 is 4.90 Å². The number of non-ortho nitro benzene ring substituents is 1. The lowest BCUT2D eigenvalue weighted by Gasteiger charge is -2.26. The maximum Gasteiger partial charge on any atom is 0.271 e. The predicted octanol–water partition coefficient (Wildman–Crippen LogP) is 3.17. The summed E-state index contributed by atoms with van der Waals surface area (Å²) in [6.07, 6.45) is 1.06. The van der Waals surface area contributed by atoms with E-state index in [2.05, 4.69) is 4.90 Å². The van der Waals surface area contributed by atoms with Crippen LogP contribution in [0.3, 0.4) is 0 Å². The molecule has 1 aliphatic rings. The Kier molecular flexibility index (Phi) is 4.27. The van der Waals surface area contributed by atoms with Gasteiger partial charge >= 0.3 is 0 Å². The van der Waals surface area contributed by atoms with Gasteiger partial charge in [-0.15, -0.1) is 0 Å². The molecular weight excluding hydrogens is 268 g/mol. The van der Waals surface area contributed by atoms with E-state index in [1.807, 2.05) is 13.8 Å². The lowest BCUT2D eigenvalue weighted by Crippen LogP contribution is -2.30. The highest BCUT2D eigenvalue weighted by molar-refractivity contribution is 6.33. The van der Waals surface area contributed by atoms with Gasteiger partial charge in [0, 0.05) is 31.8 Å². The van der Waals surface area contributed by atoms with Crippen molar-refractivity contribution < 1.29 is 9.66 Å². The van der Waals surface area contributed by atoms with Crippen molar-refractivity contribution in [3.63, 3.8) is 0 Å². The number of rotatable bonds is 2. The summed E-state index contributed by atoms with van der Waals surface area (Å²) in [5.74, 6) is 0. The van der Waals surface area contributed by atoms with E-state index in [0.717, 1.165) is 37.4 Å². The lowest BCUT2D eigenvalue weighted by atomic mass is 10.1. The number of nitro groups is 1. The zero-order valence-electron chi connectivity index (χ0n) is 11.1. The Hall–Kier alpha value is -1.33. The standard InChI is InChI=1S/C13H17ClN2O3/c1-9-6-11(16(17)18)7-12(14)13(9)15-4-3-5-19-10(2)8-15/h6-7,10H,3-5,8H2,1-2H3. The summed E-state index contributed by atoms with van der Waals surface area (Å²) in [4.78, 5) is 12.5. The van der Waals surface area contributed by atoms with Gasteiger partial charge in [-0.2, -0.15) is 0 Å². The van der Waals surface area contributed by atoms with Crippen LogP contribution in [0.2, 0.25) is 5.02 Å². The number of hydrogen-bond acceptors (Lipinski definition) is 4. The summed E-state index contributed by atoms with van der Waals surface area (Å²) in [7, 11) is 0. The molecule has 1 aliphatic heterocycles. The summed E-state index contributed by atoms with van der Waals surface area (Å²) >= 11 is 6.23. The minimum Gasteiger partial charge on any atom is -0.377 e. The second kappa shape index (κ2) is 5.75. The highest BCUT2D eigenvalue weighted by atomic mass is 35.5. The molecule has 0 bridgehead atoms. The minimum atomic E-state index is -0.420. The average molecular weight is 285 g/mol. The first-order valence-electron chi connectivity index (χ1n) is 6.30. The third-order valence-corrected chi connectivity index (χ3v) is 3.51. The molecule has 1 fully saturated rings. The van der Waals surface area contributed by atoms with Crippen LogP contribution in [-0.2, 0) is 4.74 Å². The maximum absolute atomic E-state index is 10.8. The quantitative estimate of drug-likeness (QED) is 0.618. The summed E-state index contributed by atoms with van der Waals surface area (Å²) in [6, 6.07) is 2.98. The van der Waals surface area contributed by atoms with Crippen LogP contribution in [0.1, 0.15) is 18.9 Å². The number of nitro benzene ring substituents is 1. The maximum atomic E-state index is 10.8.